The molecule has 0 aromatic carbocycles. The Hall–Kier alpha value is -1.82. The van der Waals surface area contributed by atoms with Crippen molar-refractivity contribution in [2.75, 3.05) is 12.4 Å². The molecule has 102 valence electrons. The number of nitrogens with zero attached hydrogens (tertiary/aromatic N) is 1. The first-order valence-electron chi connectivity index (χ1n) is 5.89. The number of hydrogen-bond acceptors (Lipinski definition) is 6. The highest BCUT2D eigenvalue weighted by Gasteiger charge is 2.15. The standard InChI is InChI=1S/C13H16N2O3S/c1-7-5-10(9(3)18-7)8(2)15-13-14-6-11(19-13)12(16)17-4/h5-6,8H,1-4H3,(H,14,15). The van der Waals surface area contributed by atoms with E-state index in [1.807, 2.05) is 26.8 Å². The summed E-state index contributed by atoms with van der Waals surface area (Å²) in [6.45, 7) is 5.88. The summed E-state index contributed by atoms with van der Waals surface area (Å²) in [6.07, 6.45) is 1.51. The fourth-order valence-corrected chi connectivity index (χ4v) is 2.70. The number of methoxy groups -OCH3 is 1. The molecule has 0 aliphatic heterocycles. The first kappa shape index (κ1) is 13.6. The minimum Gasteiger partial charge on any atom is -0.466 e. The molecule has 2 rings (SSSR count). The third-order valence-corrected chi connectivity index (χ3v) is 3.69. The van der Waals surface area contributed by atoms with Crippen LogP contribution in [-0.4, -0.2) is 18.1 Å². The smallest absolute Gasteiger partial charge is 0.349 e. The number of rotatable bonds is 4. The number of esters is 1. The van der Waals surface area contributed by atoms with Gasteiger partial charge in [0.2, 0.25) is 0 Å². The Kier molecular flexibility index (Phi) is 3.90. The third kappa shape index (κ3) is 2.96. The van der Waals surface area contributed by atoms with Crippen LogP contribution in [0.25, 0.3) is 0 Å². The second-order valence-corrected chi connectivity index (χ2v) is 5.29. The number of nitrogens with one attached hydrogen (secondary N) is 1. The van der Waals surface area contributed by atoms with Gasteiger partial charge in [-0.2, -0.15) is 0 Å². The third-order valence-electron chi connectivity index (χ3n) is 2.78. The van der Waals surface area contributed by atoms with E-state index < -0.39 is 0 Å². The van der Waals surface area contributed by atoms with E-state index >= 15 is 0 Å². The highest BCUT2D eigenvalue weighted by atomic mass is 32.1. The van der Waals surface area contributed by atoms with E-state index in [2.05, 4.69) is 15.0 Å². The summed E-state index contributed by atoms with van der Waals surface area (Å²) in [5.41, 5.74) is 1.09. The van der Waals surface area contributed by atoms with Crippen molar-refractivity contribution in [3.8, 4) is 0 Å². The van der Waals surface area contributed by atoms with Crippen LogP contribution in [0.15, 0.2) is 16.7 Å². The van der Waals surface area contributed by atoms with Crippen LogP contribution >= 0.6 is 11.3 Å². The minimum atomic E-state index is -0.367. The Morgan fingerprint density at radius 3 is 2.84 bits per heavy atom. The number of carbonyl (C=O) groups is 1. The molecule has 0 radical (unpaired) electrons. The van der Waals surface area contributed by atoms with Gasteiger partial charge in [0.1, 0.15) is 16.4 Å². The summed E-state index contributed by atoms with van der Waals surface area (Å²) < 4.78 is 10.2. The topological polar surface area (TPSA) is 64.4 Å². The molecular formula is C13H16N2O3S. The van der Waals surface area contributed by atoms with Gasteiger partial charge in [-0.15, -0.1) is 0 Å². The molecule has 0 spiro atoms. The Bertz CT molecular complexity index is 588. The lowest BCUT2D eigenvalue weighted by Gasteiger charge is -2.11. The summed E-state index contributed by atoms with van der Waals surface area (Å²) in [4.78, 5) is 16.0. The number of carbonyl (C=O) groups excluding carboxylic acids is 1. The Morgan fingerprint density at radius 2 is 2.26 bits per heavy atom. The zero-order valence-electron chi connectivity index (χ0n) is 11.3. The van der Waals surface area contributed by atoms with E-state index in [9.17, 15) is 4.79 Å². The number of aromatic nitrogens is 1. The summed E-state index contributed by atoms with van der Waals surface area (Å²) in [7, 11) is 1.36. The number of thiazole rings is 1. The van der Waals surface area contributed by atoms with Crippen molar-refractivity contribution in [1.82, 2.24) is 4.98 Å². The van der Waals surface area contributed by atoms with Crippen LogP contribution in [0.2, 0.25) is 0 Å². The number of ether oxygens (including phenoxy) is 1. The molecule has 19 heavy (non-hydrogen) atoms. The number of furan rings is 1. The number of aryl methyl sites for hydroxylation is 2. The molecule has 1 N–H and O–H groups in total. The van der Waals surface area contributed by atoms with Crippen LogP contribution in [0.5, 0.6) is 0 Å². The molecule has 2 aromatic heterocycles. The molecule has 1 unspecified atom stereocenters. The molecule has 2 heterocycles. The van der Waals surface area contributed by atoms with E-state index in [4.69, 9.17) is 4.42 Å². The van der Waals surface area contributed by atoms with Crippen molar-refractivity contribution in [2.45, 2.75) is 26.8 Å². The average Bonchev–Trinajstić information content (AvgIpc) is 2.95. The zero-order valence-corrected chi connectivity index (χ0v) is 12.1. The fourth-order valence-electron chi connectivity index (χ4n) is 1.88. The molecule has 5 nitrogen and oxygen atoms in total. The van der Waals surface area contributed by atoms with Crippen LogP contribution in [0.1, 0.15) is 39.7 Å². The summed E-state index contributed by atoms with van der Waals surface area (Å²) in [5.74, 6) is 1.41. The fraction of sp³-hybridized carbons (Fsp3) is 0.385. The number of hydrogen-bond donors (Lipinski definition) is 1. The van der Waals surface area contributed by atoms with Gasteiger partial charge in [-0.1, -0.05) is 11.3 Å². The molecule has 0 fully saturated rings. The second kappa shape index (κ2) is 5.44. The lowest BCUT2D eigenvalue weighted by molar-refractivity contribution is 0.0606. The quantitative estimate of drug-likeness (QED) is 0.870. The normalized spacial score (nSPS) is 12.2. The maximum Gasteiger partial charge on any atom is 0.349 e. The monoisotopic (exact) mass is 280 g/mol. The molecule has 1 atom stereocenters. The predicted molar refractivity (Wildman–Crippen MR) is 73.7 cm³/mol. The maximum absolute atomic E-state index is 11.3. The zero-order chi connectivity index (χ0) is 14.0. The second-order valence-electron chi connectivity index (χ2n) is 4.26. The Labute approximate surface area is 115 Å². The van der Waals surface area contributed by atoms with Crippen LogP contribution in [-0.2, 0) is 4.74 Å². The van der Waals surface area contributed by atoms with E-state index in [0.29, 0.717) is 10.0 Å². The molecule has 0 aliphatic carbocycles. The van der Waals surface area contributed by atoms with Crippen molar-refractivity contribution < 1.29 is 13.9 Å². The van der Waals surface area contributed by atoms with Crippen molar-refractivity contribution in [3.05, 3.63) is 34.2 Å². The first-order valence-corrected chi connectivity index (χ1v) is 6.70. The first-order chi connectivity index (χ1) is 9.01. The largest absolute Gasteiger partial charge is 0.466 e. The molecule has 0 saturated heterocycles. The van der Waals surface area contributed by atoms with E-state index in [1.54, 1.807) is 0 Å². The van der Waals surface area contributed by atoms with Gasteiger partial charge in [0.15, 0.2) is 5.13 Å². The molecule has 0 bridgehead atoms. The van der Waals surface area contributed by atoms with Crippen molar-refractivity contribution >= 4 is 22.4 Å². The average molecular weight is 280 g/mol. The van der Waals surface area contributed by atoms with Gasteiger partial charge >= 0.3 is 5.97 Å². The maximum atomic E-state index is 11.3. The van der Waals surface area contributed by atoms with Crippen LogP contribution < -0.4 is 5.32 Å². The lowest BCUT2D eigenvalue weighted by atomic mass is 10.1. The van der Waals surface area contributed by atoms with E-state index in [-0.39, 0.29) is 12.0 Å². The summed E-state index contributed by atoms with van der Waals surface area (Å²) in [6, 6.07) is 2.07. The molecule has 0 amide bonds. The molecular weight excluding hydrogens is 264 g/mol. The van der Waals surface area contributed by atoms with Crippen molar-refractivity contribution in [2.24, 2.45) is 0 Å². The molecule has 0 saturated carbocycles. The highest BCUT2D eigenvalue weighted by Crippen LogP contribution is 2.27. The lowest BCUT2D eigenvalue weighted by Crippen LogP contribution is -2.06. The van der Waals surface area contributed by atoms with Gasteiger partial charge in [0.25, 0.3) is 0 Å². The van der Waals surface area contributed by atoms with Crippen molar-refractivity contribution in [3.63, 3.8) is 0 Å². The summed E-state index contributed by atoms with van der Waals surface area (Å²) in [5, 5.41) is 3.94. The van der Waals surface area contributed by atoms with Crippen LogP contribution in [0.3, 0.4) is 0 Å². The van der Waals surface area contributed by atoms with E-state index in [0.717, 1.165) is 17.1 Å². The van der Waals surface area contributed by atoms with Gasteiger partial charge in [-0.25, -0.2) is 9.78 Å². The Balaban J connectivity index is 2.11. The molecule has 2 aromatic rings. The van der Waals surface area contributed by atoms with Gasteiger partial charge in [0.05, 0.1) is 19.3 Å². The highest BCUT2D eigenvalue weighted by molar-refractivity contribution is 7.17. The van der Waals surface area contributed by atoms with Gasteiger partial charge in [-0.3, -0.25) is 0 Å². The SMILES string of the molecule is COC(=O)c1cnc(NC(C)c2cc(C)oc2C)s1. The Morgan fingerprint density at radius 1 is 1.53 bits per heavy atom. The van der Waals surface area contributed by atoms with Gasteiger partial charge in [-0.05, 0) is 26.8 Å². The minimum absolute atomic E-state index is 0.0640. The molecule has 0 aliphatic rings. The predicted octanol–water partition coefficient (Wildman–Crippen LogP) is 3.31. The summed E-state index contributed by atoms with van der Waals surface area (Å²) >= 11 is 1.27. The van der Waals surface area contributed by atoms with E-state index in [1.165, 1.54) is 24.6 Å². The van der Waals surface area contributed by atoms with Crippen LogP contribution in [0, 0.1) is 13.8 Å². The number of anilines is 1. The molecule has 6 heteroatoms. The van der Waals surface area contributed by atoms with Gasteiger partial charge in [0, 0.05) is 5.56 Å². The van der Waals surface area contributed by atoms with Crippen LogP contribution in [0.4, 0.5) is 5.13 Å². The van der Waals surface area contributed by atoms with Crippen molar-refractivity contribution in [1.29, 1.82) is 0 Å². The van der Waals surface area contributed by atoms with Gasteiger partial charge < -0.3 is 14.5 Å².